The fraction of sp³-hybridized carbons (Fsp3) is 0.115. The van der Waals surface area contributed by atoms with Crippen molar-refractivity contribution in [2.45, 2.75) is 6.04 Å². The first-order valence-electron chi connectivity index (χ1n) is 10.2. The van der Waals surface area contributed by atoms with Crippen molar-refractivity contribution in [3.8, 4) is 0 Å². The average Bonchev–Trinajstić information content (AvgIpc) is 3.10. The molecule has 0 aliphatic carbocycles. The number of hydrogen-bond acceptors (Lipinski definition) is 4. The molecule has 1 aliphatic rings. The van der Waals surface area contributed by atoms with Gasteiger partial charge in [-0.1, -0.05) is 78.9 Å². The summed E-state index contributed by atoms with van der Waals surface area (Å²) in [5.41, 5.74) is 3.43. The molecule has 2 amide bonds. The minimum atomic E-state index is -0.948. The van der Waals surface area contributed by atoms with Crippen LogP contribution in [0.3, 0.4) is 0 Å². The van der Waals surface area contributed by atoms with Crippen LogP contribution in [0.4, 0.5) is 5.69 Å². The molecule has 160 valence electrons. The van der Waals surface area contributed by atoms with Crippen LogP contribution >= 0.6 is 0 Å². The van der Waals surface area contributed by atoms with Gasteiger partial charge < -0.3 is 10.1 Å². The summed E-state index contributed by atoms with van der Waals surface area (Å²) < 4.78 is 4.63. The summed E-state index contributed by atoms with van der Waals surface area (Å²) >= 11 is 0. The molecule has 4 rings (SSSR count). The Morgan fingerprint density at radius 1 is 0.938 bits per heavy atom. The maximum atomic E-state index is 13.7. The summed E-state index contributed by atoms with van der Waals surface area (Å²) in [4.78, 5) is 40.0. The van der Waals surface area contributed by atoms with Crippen LogP contribution in [0.5, 0.6) is 0 Å². The van der Waals surface area contributed by atoms with E-state index in [0.717, 1.165) is 11.1 Å². The molecule has 0 saturated heterocycles. The van der Waals surface area contributed by atoms with E-state index in [1.807, 2.05) is 78.9 Å². The van der Waals surface area contributed by atoms with E-state index in [-0.39, 0.29) is 12.5 Å². The number of fused-ring (bicyclic) bond motifs is 1. The first-order chi connectivity index (χ1) is 15.6. The molecule has 1 heterocycles. The average molecular weight is 426 g/mol. The van der Waals surface area contributed by atoms with Gasteiger partial charge in [0.25, 0.3) is 5.91 Å². The highest BCUT2D eigenvalue weighted by molar-refractivity contribution is 6.36. The van der Waals surface area contributed by atoms with Gasteiger partial charge in [0.1, 0.15) is 12.6 Å². The third-order valence-electron chi connectivity index (χ3n) is 5.27. The van der Waals surface area contributed by atoms with Gasteiger partial charge in [-0.15, -0.1) is 0 Å². The first-order valence-corrected chi connectivity index (χ1v) is 10.2. The molecule has 0 radical (unpaired) electrons. The second-order valence-corrected chi connectivity index (χ2v) is 7.27. The highest BCUT2D eigenvalue weighted by Gasteiger charge is 2.40. The normalized spacial score (nSPS) is 14.7. The second kappa shape index (κ2) is 9.31. The van der Waals surface area contributed by atoms with Crippen molar-refractivity contribution in [1.29, 1.82) is 0 Å². The van der Waals surface area contributed by atoms with Crippen LogP contribution in [-0.2, 0) is 19.1 Å². The first kappa shape index (κ1) is 21.1. The fourth-order valence-corrected chi connectivity index (χ4v) is 3.76. The van der Waals surface area contributed by atoms with E-state index in [1.165, 1.54) is 12.0 Å². The molecule has 0 bridgehead atoms. The Kier molecular flexibility index (Phi) is 6.12. The van der Waals surface area contributed by atoms with E-state index < -0.39 is 17.9 Å². The van der Waals surface area contributed by atoms with Crippen molar-refractivity contribution in [2.24, 2.45) is 0 Å². The van der Waals surface area contributed by atoms with Crippen LogP contribution in [0.25, 0.3) is 11.6 Å². The zero-order valence-corrected chi connectivity index (χ0v) is 17.5. The molecule has 0 saturated carbocycles. The monoisotopic (exact) mass is 426 g/mol. The van der Waals surface area contributed by atoms with E-state index in [0.29, 0.717) is 16.8 Å². The Morgan fingerprint density at radius 3 is 2.25 bits per heavy atom. The lowest BCUT2D eigenvalue weighted by atomic mass is 10.0. The Bertz CT molecular complexity index is 1170. The molecule has 1 unspecified atom stereocenters. The molecule has 32 heavy (non-hydrogen) atoms. The molecule has 6 heteroatoms. The molecule has 0 fully saturated rings. The van der Waals surface area contributed by atoms with E-state index in [9.17, 15) is 14.4 Å². The zero-order chi connectivity index (χ0) is 22.5. The smallest absolute Gasteiger partial charge is 0.325 e. The molecule has 0 spiro atoms. The summed E-state index contributed by atoms with van der Waals surface area (Å²) in [7, 11) is 1.25. The maximum Gasteiger partial charge on any atom is 0.325 e. The predicted octanol–water partition coefficient (Wildman–Crippen LogP) is 3.60. The molecular weight excluding hydrogens is 404 g/mol. The molecule has 0 aromatic heterocycles. The number of amides is 2. The van der Waals surface area contributed by atoms with Gasteiger partial charge in [-0.25, -0.2) is 0 Å². The van der Waals surface area contributed by atoms with Gasteiger partial charge in [-0.2, -0.15) is 0 Å². The number of carbonyl (C=O) groups excluding carboxylic acids is 3. The molecular formula is C26H22N2O4. The molecule has 1 atom stereocenters. The van der Waals surface area contributed by atoms with Crippen LogP contribution in [-0.4, -0.2) is 31.4 Å². The van der Waals surface area contributed by atoms with E-state index in [1.54, 1.807) is 12.1 Å². The topological polar surface area (TPSA) is 75.7 Å². The van der Waals surface area contributed by atoms with Gasteiger partial charge in [-0.05, 0) is 23.3 Å². The highest BCUT2D eigenvalue weighted by atomic mass is 16.5. The largest absolute Gasteiger partial charge is 0.468 e. The van der Waals surface area contributed by atoms with Crippen LogP contribution in [0.15, 0.2) is 84.9 Å². The quantitative estimate of drug-likeness (QED) is 0.483. The number of esters is 1. The number of benzene rings is 3. The summed E-state index contributed by atoms with van der Waals surface area (Å²) in [6.07, 6.45) is 1.83. The Labute approximate surface area is 186 Å². The van der Waals surface area contributed by atoms with Crippen molar-refractivity contribution in [2.75, 3.05) is 18.6 Å². The third-order valence-corrected chi connectivity index (χ3v) is 5.27. The third kappa shape index (κ3) is 4.16. The fourth-order valence-electron chi connectivity index (χ4n) is 3.76. The summed E-state index contributed by atoms with van der Waals surface area (Å²) in [5.74, 6) is -1.31. The Balaban J connectivity index is 1.79. The summed E-state index contributed by atoms with van der Waals surface area (Å²) in [6, 6.07) is 25.0. The van der Waals surface area contributed by atoms with Gasteiger partial charge in [0.2, 0.25) is 5.91 Å². The number of carbonyl (C=O) groups is 3. The molecule has 3 aromatic rings. The van der Waals surface area contributed by atoms with E-state index in [2.05, 4.69) is 10.1 Å². The lowest BCUT2D eigenvalue weighted by molar-refractivity contribution is -0.141. The van der Waals surface area contributed by atoms with Gasteiger partial charge in [0, 0.05) is 11.1 Å². The van der Waals surface area contributed by atoms with Gasteiger partial charge in [-0.3, -0.25) is 19.3 Å². The highest BCUT2D eigenvalue weighted by Crippen LogP contribution is 2.42. The number of nitrogens with one attached hydrogen (secondary N) is 1. The molecule has 1 N–H and O–H groups in total. The number of para-hydroxylation sites is 1. The lowest BCUT2D eigenvalue weighted by Crippen LogP contribution is -2.43. The standard InChI is InChI=1S/C26H22N2O4/c1-32-23(29)17-27-25(30)24(19-12-6-3-7-13-19)28-22-15-9-8-14-20(22)21(26(28)31)16-18-10-4-2-5-11-18/h2-16,24H,17H2,1H3,(H,27,30)/b21-16+. The zero-order valence-electron chi connectivity index (χ0n) is 17.5. The number of nitrogens with zero attached hydrogens (tertiary/aromatic N) is 1. The van der Waals surface area contributed by atoms with Crippen molar-refractivity contribution in [3.05, 3.63) is 102 Å². The van der Waals surface area contributed by atoms with Crippen LogP contribution in [0.1, 0.15) is 22.7 Å². The van der Waals surface area contributed by atoms with Crippen molar-refractivity contribution in [1.82, 2.24) is 5.32 Å². The molecule has 3 aromatic carbocycles. The van der Waals surface area contributed by atoms with Crippen LogP contribution in [0.2, 0.25) is 0 Å². The number of rotatable bonds is 6. The van der Waals surface area contributed by atoms with Crippen LogP contribution in [0, 0.1) is 0 Å². The molecule has 1 aliphatic heterocycles. The van der Waals surface area contributed by atoms with E-state index >= 15 is 0 Å². The number of methoxy groups -OCH3 is 1. The van der Waals surface area contributed by atoms with Crippen molar-refractivity contribution >= 4 is 35.1 Å². The lowest BCUT2D eigenvalue weighted by Gasteiger charge is -2.28. The minimum absolute atomic E-state index is 0.280. The second-order valence-electron chi connectivity index (χ2n) is 7.27. The summed E-state index contributed by atoms with van der Waals surface area (Å²) in [5, 5.41) is 2.60. The van der Waals surface area contributed by atoms with E-state index in [4.69, 9.17) is 0 Å². The number of ether oxygens (including phenoxy) is 1. The Hall–Kier alpha value is -4.19. The number of anilines is 1. The van der Waals surface area contributed by atoms with Gasteiger partial charge in [0.05, 0.1) is 12.8 Å². The summed E-state index contributed by atoms with van der Waals surface area (Å²) in [6.45, 7) is -0.283. The number of hydrogen-bond donors (Lipinski definition) is 1. The predicted molar refractivity (Wildman–Crippen MR) is 122 cm³/mol. The van der Waals surface area contributed by atoms with Gasteiger partial charge >= 0.3 is 5.97 Å². The SMILES string of the molecule is COC(=O)CNC(=O)C(c1ccccc1)N1C(=O)/C(=C/c2ccccc2)c2ccccc21. The van der Waals surface area contributed by atoms with Crippen LogP contribution < -0.4 is 10.2 Å². The minimum Gasteiger partial charge on any atom is -0.468 e. The Morgan fingerprint density at radius 2 is 1.56 bits per heavy atom. The van der Waals surface area contributed by atoms with Crippen molar-refractivity contribution < 1.29 is 19.1 Å². The van der Waals surface area contributed by atoms with Gasteiger partial charge in [0.15, 0.2) is 0 Å². The maximum absolute atomic E-state index is 13.7. The van der Waals surface area contributed by atoms with Crippen molar-refractivity contribution in [3.63, 3.8) is 0 Å². The molecule has 6 nitrogen and oxygen atoms in total.